The van der Waals surface area contributed by atoms with Gasteiger partial charge in [-0.05, 0) is 58.4 Å². The molecule has 0 aliphatic heterocycles. The minimum absolute atomic E-state index is 0.205. The van der Waals surface area contributed by atoms with Crippen LogP contribution in [0.1, 0.15) is 44.9 Å². The molecule has 0 bridgehead atoms. The lowest BCUT2D eigenvalue weighted by Gasteiger charge is -2.27. The van der Waals surface area contributed by atoms with Gasteiger partial charge in [0.05, 0.1) is 16.9 Å². The monoisotopic (exact) mass is 415 g/mol. The molecule has 7 heteroatoms. The highest BCUT2D eigenvalue weighted by atomic mass is 32.2. The average molecular weight is 416 g/mol. The highest BCUT2D eigenvalue weighted by Crippen LogP contribution is 2.27. The third-order valence-corrected chi connectivity index (χ3v) is 6.42. The molecular weight excluding hydrogens is 389 g/mol. The number of benzene rings is 2. The van der Waals surface area contributed by atoms with Crippen molar-refractivity contribution in [3.8, 4) is 11.4 Å². The van der Waals surface area contributed by atoms with Crippen molar-refractivity contribution in [1.82, 2.24) is 14.3 Å². The van der Waals surface area contributed by atoms with Gasteiger partial charge in [0.2, 0.25) is 0 Å². The molecule has 5 nitrogen and oxygen atoms in total. The van der Waals surface area contributed by atoms with Gasteiger partial charge in [0.15, 0.2) is 0 Å². The normalized spacial score (nSPS) is 14.2. The first-order chi connectivity index (χ1) is 13.5. The zero-order valence-electron chi connectivity index (χ0n) is 17.5. The molecule has 1 heterocycles. The van der Waals surface area contributed by atoms with Crippen LogP contribution in [-0.4, -0.2) is 18.9 Å². The predicted molar refractivity (Wildman–Crippen MR) is 117 cm³/mol. The molecule has 0 fully saturated rings. The average Bonchev–Trinajstić information content (AvgIpc) is 2.63. The van der Waals surface area contributed by atoms with Gasteiger partial charge in [-0.25, -0.2) is 9.37 Å². The van der Waals surface area contributed by atoms with Crippen LogP contribution in [0, 0.1) is 12.7 Å². The molecule has 154 valence electrons. The summed E-state index contributed by atoms with van der Waals surface area (Å²) in [4.78, 5) is 17.8. The van der Waals surface area contributed by atoms with Crippen molar-refractivity contribution in [2.75, 3.05) is 0 Å². The van der Waals surface area contributed by atoms with E-state index in [4.69, 9.17) is 4.98 Å². The van der Waals surface area contributed by atoms with E-state index in [0.717, 1.165) is 11.1 Å². The number of aryl methyl sites for hydroxylation is 1. The Morgan fingerprint density at radius 2 is 1.93 bits per heavy atom. The zero-order chi connectivity index (χ0) is 21.5. The second-order valence-corrected chi connectivity index (χ2v) is 10.3. The van der Waals surface area contributed by atoms with E-state index in [9.17, 15) is 13.7 Å². The molecule has 0 radical (unpaired) electrons. The van der Waals surface area contributed by atoms with Crippen LogP contribution >= 0.6 is 0 Å². The molecule has 3 aromatic rings. The van der Waals surface area contributed by atoms with Crippen LogP contribution < -0.4 is 10.3 Å². The standard InChI is InChI=1S/C22H26FN3O2S/c1-13-10-17(14(2)25-29(28)22(3,4)5)19-18(11-13)21(27)26(6)20(24-19)15-8-7-9-16(23)12-15/h7-12,14,25H,1-6H3/t14?,29-/m1/s1. The second-order valence-electron chi connectivity index (χ2n) is 8.28. The van der Waals surface area contributed by atoms with E-state index in [1.807, 2.05) is 40.7 Å². The Labute approximate surface area is 173 Å². The molecule has 0 saturated heterocycles. The summed E-state index contributed by atoms with van der Waals surface area (Å²) in [6, 6.07) is 9.48. The number of aromatic nitrogens is 2. The first kappa shape index (κ1) is 21.5. The molecule has 1 N–H and O–H groups in total. The minimum Gasteiger partial charge on any atom is -0.598 e. The summed E-state index contributed by atoms with van der Waals surface area (Å²) < 4.78 is 30.5. The van der Waals surface area contributed by atoms with Crippen LogP contribution in [0.15, 0.2) is 41.2 Å². The van der Waals surface area contributed by atoms with Crippen molar-refractivity contribution in [3.63, 3.8) is 0 Å². The number of halogens is 1. The molecule has 0 aliphatic rings. The van der Waals surface area contributed by atoms with E-state index in [0.29, 0.717) is 22.3 Å². The van der Waals surface area contributed by atoms with Crippen molar-refractivity contribution in [2.24, 2.45) is 7.05 Å². The Bertz CT molecular complexity index is 1120. The van der Waals surface area contributed by atoms with Gasteiger partial charge in [0, 0.05) is 29.5 Å². The highest BCUT2D eigenvalue weighted by Gasteiger charge is 2.29. The lowest BCUT2D eigenvalue weighted by atomic mass is 10.0. The molecule has 2 atom stereocenters. The SMILES string of the molecule is Cc1cc(C(C)N[S@+]([O-])C(C)(C)C)c2nc(-c3cccc(F)c3)n(C)c(=O)c2c1. The van der Waals surface area contributed by atoms with Crippen molar-refractivity contribution >= 4 is 22.3 Å². The van der Waals surface area contributed by atoms with Gasteiger partial charge in [-0.2, -0.15) is 0 Å². The molecule has 1 aromatic heterocycles. The number of nitrogens with zero attached hydrogens (tertiary/aromatic N) is 2. The summed E-state index contributed by atoms with van der Waals surface area (Å²) in [6.45, 7) is 9.50. The lowest BCUT2D eigenvalue weighted by Crippen LogP contribution is -2.40. The quantitative estimate of drug-likeness (QED) is 0.650. The van der Waals surface area contributed by atoms with Crippen molar-refractivity contribution in [2.45, 2.75) is 45.4 Å². The van der Waals surface area contributed by atoms with Crippen LogP contribution in [0.3, 0.4) is 0 Å². The van der Waals surface area contributed by atoms with Gasteiger partial charge in [0.25, 0.3) is 5.56 Å². The number of hydrogen-bond donors (Lipinski definition) is 1. The fourth-order valence-electron chi connectivity index (χ4n) is 3.17. The van der Waals surface area contributed by atoms with Gasteiger partial charge < -0.3 is 4.55 Å². The van der Waals surface area contributed by atoms with Gasteiger partial charge in [0.1, 0.15) is 16.4 Å². The first-order valence-electron chi connectivity index (χ1n) is 9.44. The van der Waals surface area contributed by atoms with Gasteiger partial charge in [-0.3, -0.25) is 9.36 Å². The summed E-state index contributed by atoms with van der Waals surface area (Å²) in [5, 5.41) is 0.484. The van der Waals surface area contributed by atoms with Gasteiger partial charge in [-0.1, -0.05) is 18.2 Å². The van der Waals surface area contributed by atoms with Crippen LogP contribution in [0.5, 0.6) is 0 Å². The third-order valence-electron chi connectivity index (χ3n) is 4.74. The fraction of sp³-hybridized carbons (Fsp3) is 0.364. The summed E-state index contributed by atoms with van der Waals surface area (Å²) in [7, 11) is 1.63. The van der Waals surface area contributed by atoms with Crippen LogP contribution in [0.4, 0.5) is 4.39 Å². The maximum Gasteiger partial charge on any atom is 0.261 e. The molecular formula is C22H26FN3O2S. The Morgan fingerprint density at radius 1 is 1.24 bits per heavy atom. The molecule has 2 aromatic carbocycles. The molecule has 29 heavy (non-hydrogen) atoms. The summed E-state index contributed by atoms with van der Waals surface area (Å²) >= 11 is -1.28. The third kappa shape index (κ3) is 4.37. The molecule has 3 rings (SSSR count). The molecule has 0 amide bonds. The Kier molecular flexibility index (Phi) is 5.85. The number of nitrogens with one attached hydrogen (secondary N) is 1. The number of rotatable bonds is 4. The van der Waals surface area contributed by atoms with Gasteiger partial charge >= 0.3 is 0 Å². The molecule has 1 unspecified atom stereocenters. The van der Waals surface area contributed by atoms with E-state index in [2.05, 4.69) is 4.72 Å². The lowest BCUT2D eigenvalue weighted by molar-refractivity contribution is 0.531. The topological polar surface area (TPSA) is 70.0 Å². The molecule has 0 spiro atoms. The number of hydrogen-bond acceptors (Lipinski definition) is 4. The van der Waals surface area contributed by atoms with E-state index in [-0.39, 0.29) is 11.6 Å². The first-order valence-corrected chi connectivity index (χ1v) is 10.6. The summed E-state index contributed by atoms with van der Waals surface area (Å²) in [5.41, 5.74) is 2.55. The highest BCUT2D eigenvalue weighted by molar-refractivity contribution is 7.90. The van der Waals surface area contributed by atoms with Gasteiger partial charge in [-0.15, -0.1) is 4.72 Å². The Balaban J connectivity index is 2.22. The predicted octanol–water partition coefficient (Wildman–Crippen LogP) is 4.16. The minimum atomic E-state index is -1.28. The second kappa shape index (κ2) is 7.89. The van der Waals surface area contributed by atoms with Crippen molar-refractivity contribution in [1.29, 1.82) is 0 Å². The largest absolute Gasteiger partial charge is 0.598 e. The van der Waals surface area contributed by atoms with E-state index >= 15 is 0 Å². The van der Waals surface area contributed by atoms with E-state index in [1.54, 1.807) is 25.2 Å². The zero-order valence-corrected chi connectivity index (χ0v) is 18.4. The van der Waals surface area contributed by atoms with Crippen LogP contribution in [-0.2, 0) is 18.4 Å². The van der Waals surface area contributed by atoms with Crippen molar-refractivity contribution in [3.05, 3.63) is 63.7 Å². The molecule has 0 saturated carbocycles. The Hall–Kier alpha value is -2.22. The van der Waals surface area contributed by atoms with Crippen LogP contribution in [0.2, 0.25) is 0 Å². The number of fused-ring (bicyclic) bond motifs is 1. The van der Waals surface area contributed by atoms with E-state index in [1.165, 1.54) is 16.7 Å². The molecule has 0 aliphatic carbocycles. The van der Waals surface area contributed by atoms with Crippen molar-refractivity contribution < 1.29 is 8.94 Å². The Morgan fingerprint density at radius 3 is 2.55 bits per heavy atom. The van der Waals surface area contributed by atoms with Crippen LogP contribution in [0.25, 0.3) is 22.3 Å². The maximum atomic E-state index is 13.8. The smallest absolute Gasteiger partial charge is 0.261 e. The van der Waals surface area contributed by atoms with E-state index < -0.39 is 21.9 Å². The maximum absolute atomic E-state index is 13.8. The fourth-order valence-corrected chi connectivity index (χ4v) is 3.97. The summed E-state index contributed by atoms with van der Waals surface area (Å²) in [5.74, 6) is -0.00664. The summed E-state index contributed by atoms with van der Waals surface area (Å²) in [6.07, 6.45) is 0.